The topological polar surface area (TPSA) is 76.3 Å². The van der Waals surface area contributed by atoms with Gasteiger partial charge in [0, 0.05) is 9.35 Å². The number of thiophene rings is 1. The van der Waals surface area contributed by atoms with Crippen molar-refractivity contribution in [3.05, 3.63) is 85.4 Å². The Balaban J connectivity index is 1.42. The van der Waals surface area contributed by atoms with E-state index in [-0.39, 0.29) is 17.2 Å². The van der Waals surface area contributed by atoms with E-state index >= 15 is 0 Å². The number of benzene rings is 2. The number of fused-ring (bicyclic) bond motifs is 3. The molecule has 5 rings (SSSR count). The van der Waals surface area contributed by atoms with Crippen LogP contribution in [0.3, 0.4) is 0 Å². The summed E-state index contributed by atoms with van der Waals surface area (Å²) in [5, 5.41) is 5.28. The van der Waals surface area contributed by atoms with Gasteiger partial charge in [-0.3, -0.25) is 14.2 Å². The lowest BCUT2D eigenvalue weighted by Crippen LogP contribution is -2.24. The second kappa shape index (κ2) is 10.5. The maximum atomic E-state index is 13.8. The normalized spacial score (nSPS) is 15.4. The van der Waals surface area contributed by atoms with Crippen molar-refractivity contribution in [1.82, 2.24) is 15.0 Å². The third-order valence-corrected chi connectivity index (χ3v) is 8.53. The number of halogens is 1. The fourth-order valence-corrected chi connectivity index (χ4v) is 6.66. The van der Waals surface area contributed by atoms with Crippen LogP contribution in [0.15, 0.2) is 74.1 Å². The van der Waals surface area contributed by atoms with Crippen LogP contribution in [0.25, 0.3) is 15.9 Å². The van der Waals surface area contributed by atoms with Crippen LogP contribution in [0.2, 0.25) is 0 Å². The van der Waals surface area contributed by atoms with E-state index in [4.69, 9.17) is 4.98 Å². The summed E-state index contributed by atoms with van der Waals surface area (Å²) >= 11 is 6.25. The molecule has 35 heavy (non-hydrogen) atoms. The number of nitrogens with zero attached hydrogens (tertiary/aromatic N) is 3. The first-order valence-electron chi connectivity index (χ1n) is 11.3. The molecule has 0 spiro atoms. The molecule has 6 nitrogen and oxygen atoms in total. The van der Waals surface area contributed by atoms with Crippen molar-refractivity contribution in [3.63, 3.8) is 0 Å². The van der Waals surface area contributed by atoms with Crippen molar-refractivity contribution in [2.24, 2.45) is 11.0 Å². The molecule has 1 aliphatic rings. The van der Waals surface area contributed by atoms with Gasteiger partial charge in [-0.1, -0.05) is 64.9 Å². The van der Waals surface area contributed by atoms with E-state index in [9.17, 15) is 9.59 Å². The minimum Gasteiger partial charge on any atom is -0.272 e. The highest BCUT2D eigenvalue weighted by molar-refractivity contribution is 9.10. The second-order valence-corrected chi connectivity index (χ2v) is 11.5. The van der Waals surface area contributed by atoms with Gasteiger partial charge in [-0.15, -0.1) is 11.3 Å². The minimum atomic E-state index is -0.267. The van der Waals surface area contributed by atoms with E-state index < -0.39 is 0 Å². The highest BCUT2D eigenvalue weighted by Gasteiger charge is 2.25. The molecule has 2 aromatic carbocycles. The summed E-state index contributed by atoms with van der Waals surface area (Å²) in [6, 6.07) is 17.1. The lowest BCUT2D eigenvalue weighted by Gasteiger charge is -2.17. The third-order valence-electron chi connectivity index (χ3n) is 5.92. The molecule has 0 aliphatic heterocycles. The number of nitrogens with one attached hydrogen (secondary N) is 1. The summed E-state index contributed by atoms with van der Waals surface area (Å²) < 4.78 is 2.61. The van der Waals surface area contributed by atoms with Crippen LogP contribution in [-0.2, 0) is 17.6 Å². The molecular weight excluding hydrogens is 544 g/mol. The lowest BCUT2D eigenvalue weighted by atomic mass is 9.89. The van der Waals surface area contributed by atoms with Crippen molar-refractivity contribution in [1.29, 1.82) is 0 Å². The maximum absolute atomic E-state index is 13.8. The Bertz CT molecular complexity index is 1460. The second-order valence-electron chi connectivity index (χ2n) is 8.54. The quantitative estimate of drug-likeness (QED) is 0.143. The SMILES string of the molecule is CC1CCc2c(sc3nc(SCC(=O)N/N=C/c4ccc(Br)cc4)n(-c4ccccc4)c(=O)c23)C1. The zero-order valence-corrected chi connectivity index (χ0v) is 22.3. The van der Waals surface area contributed by atoms with Crippen LogP contribution in [-0.4, -0.2) is 27.4 Å². The number of thioether (sulfide) groups is 1. The first-order valence-corrected chi connectivity index (χ1v) is 13.9. The number of hydrazone groups is 1. The van der Waals surface area contributed by atoms with E-state index in [0.717, 1.165) is 50.8 Å². The van der Waals surface area contributed by atoms with Crippen molar-refractivity contribution in [2.75, 3.05) is 5.75 Å². The van der Waals surface area contributed by atoms with Gasteiger partial charge in [-0.2, -0.15) is 5.10 Å². The van der Waals surface area contributed by atoms with Gasteiger partial charge in [-0.25, -0.2) is 10.4 Å². The number of amides is 1. The first kappa shape index (κ1) is 24.0. The number of aromatic nitrogens is 2. The highest BCUT2D eigenvalue weighted by Crippen LogP contribution is 2.37. The molecule has 4 aromatic rings. The molecule has 178 valence electrons. The Hall–Kier alpha value is -2.75. The fraction of sp³-hybridized carbons (Fsp3) is 0.231. The van der Waals surface area contributed by atoms with E-state index in [1.807, 2.05) is 54.6 Å². The van der Waals surface area contributed by atoms with Crippen molar-refractivity contribution in [2.45, 2.75) is 31.3 Å². The van der Waals surface area contributed by atoms with Gasteiger partial charge in [0.2, 0.25) is 0 Å². The van der Waals surface area contributed by atoms with E-state index in [1.54, 1.807) is 22.1 Å². The number of carbonyl (C=O) groups is 1. The average Bonchev–Trinajstić information content (AvgIpc) is 3.22. The maximum Gasteiger partial charge on any atom is 0.267 e. The average molecular weight is 568 g/mol. The predicted octanol–water partition coefficient (Wildman–Crippen LogP) is 5.58. The molecule has 1 amide bonds. The molecule has 9 heteroatoms. The summed E-state index contributed by atoms with van der Waals surface area (Å²) in [6.07, 6.45) is 4.58. The molecule has 0 saturated heterocycles. The van der Waals surface area contributed by atoms with E-state index in [2.05, 4.69) is 33.4 Å². The van der Waals surface area contributed by atoms with Gasteiger partial charge in [0.25, 0.3) is 11.5 Å². The predicted molar refractivity (Wildman–Crippen MR) is 147 cm³/mol. The van der Waals surface area contributed by atoms with Crippen molar-refractivity contribution >= 4 is 61.4 Å². The summed E-state index contributed by atoms with van der Waals surface area (Å²) in [7, 11) is 0. The number of para-hydroxylation sites is 1. The Morgan fingerprint density at radius 1 is 1.26 bits per heavy atom. The first-order chi connectivity index (χ1) is 17.0. The summed E-state index contributed by atoms with van der Waals surface area (Å²) in [6.45, 7) is 2.25. The Morgan fingerprint density at radius 2 is 2.03 bits per heavy atom. The van der Waals surface area contributed by atoms with Crippen LogP contribution in [0.1, 0.15) is 29.3 Å². The number of hydrogen-bond acceptors (Lipinski definition) is 6. The van der Waals surface area contributed by atoms with Crippen LogP contribution in [0, 0.1) is 5.92 Å². The zero-order chi connectivity index (χ0) is 24.4. The molecule has 2 heterocycles. The smallest absolute Gasteiger partial charge is 0.267 e. The van der Waals surface area contributed by atoms with Crippen LogP contribution in [0.5, 0.6) is 0 Å². The zero-order valence-electron chi connectivity index (χ0n) is 19.0. The van der Waals surface area contributed by atoms with Gasteiger partial charge < -0.3 is 0 Å². The largest absolute Gasteiger partial charge is 0.272 e. The van der Waals surface area contributed by atoms with Crippen LogP contribution < -0.4 is 11.0 Å². The van der Waals surface area contributed by atoms with Gasteiger partial charge in [0.15, 0.2) is 5.16 Å². The van der Waals surface area contributed by atoms with E-state index in [0.29, 0.717) is 11.1 Å². The van der Waals surface area contributed by atoms with Gasteiger partial charge in [0.05, 0.1) is 23.0 Å². The Kier molecular flexibility index (Phi) is 7.17. The molecule has 2 aromatic heterocycles. The molecule has 0 fully saturated rings. The third kappa shape index (κ3) is 5.27. The van der Waals surface area contributed by atoms with Crippen molar-refractivity contribution < 1.29 is 4.79 Å². The van der Waals surface area contributed by atoms with Crippen LogP contribution >= 0.6 is 39.0 Å². The summed E-state index contributed by atoms with van der Waals surface area (Å²) in [4.78, 5) is 33.1. The van der Waals surface area contributed by atoms with Gasteiger partial charge >= 0.3 is 0 Å². The number of hydrogen-bond donors (Lipinski definition) is 1. The highest BCUT2D eigenvalue weighted by atomic mass is 79.9. The monoisotopic (exact) mass is 566 g/mol. The van der Waals surface area contributed by atoms with Crippen LogP contribution in [0.4, 0.5) is 0 Å². The summed E-state index contributed by atoms with van der Waals surface area (Å²) in [5.74, 6) is 0.434. The molecule has 0 bridgehead atoms. The Labute approximate surface area is 219 Å². The number of carbonyl (C=O) groups excluding carboxylic acids is 1. The molecule has 0 saturated carbocycles. The van der Waals surface area contributed by atoms with Crippen molar-refractivity contribution in [3.8, 4) is 5.69 Å². The molecular formula is C26H23BrN4O2S2. The van der Waals surface area contributed by atoms with Gasteiger partial charge in [0.1, 0.15) is 4.83 Å². The van der Waals surface area contributed by atoms with Gasteiger partial charge in [-0.05, 0) is 60.6 Å². The number of aryl methyl sites for hydroxylation is 1. The number of rotatable bonds is 6. The molecule has 1 aliphatic carbocycles. The van der Waals surface area contributed by atoms with E-state index in [1.165, 1.54) is 16.6 Å². The molecule has 1 atom stereocenters. The standard InChI is InChI=1S/C26H23BrN4O2S2/c1-16-7-12-20-21(13-16)35-24-23(20)25(33)31(19-5-3-2-4-6-19)26(29-24)34-15-22(32)30-28-14-17-8-10-18(27)11-9-17/h2-6,8-11,14,16H,7,12-13,15H2,1H3,(H,30,32)/b28-14+. The Morgan fingerprint density at radius 3 is 2.80 bits per heavy atom. The fourth-order valence-electron chi connectivity index (χ4n) is 4.16. The summed E-state index contributed by atoms with van der Waals surface area (Å²) in [5.41, 5.74) is 5.27. The molecule has 0 radical (unpaired) electrons. The minimum absolute atomic E-state index is 0.0654. The molecule has 1 N–H and O–H groups in total. The molecule has 1 unspecified atom stereocenters. The lowest BCUT2D eigenvalue weighted by molar-refractivity contribution is -0.118.